The summed E-state index contributed by atoms with van der Waals surface area (Å²) in [7, 11) is 0. The number of allylic oxidation sites excluding steroid dienone is 2. The lowest BCUT2D eigenvalue weighted by Gasteiger charge is -2.23. The van der Waals surface area contributed by atoms with Crippen molar-refractivity contribution in [2.45, 2.75) is 58.7 Å². The average Bonchev–Trinajstić information content (AvgIpc) is 2.68. The molecule has 1 aliphatic heterocycles. The van der Waals surface area contributed by atoms with Crippen LogP contribution in [-0.2, 0) is 9.53 Å². The monoisotopic (exact) mass is 236 g/mol. The van der Waals surface area contributed by atoms with Crippen LogP contribution in [0.3, 0.4) is 0 Å². The van der Waals surface area contributed by atoms with Crippen molar-refractivity contribution in [2.24, 2.45) is 5.92 Å². The van der Waals surface area contributed by atoms with Gasteiger partial charge in [-0.05, 0) is 33.6 Å². The van der Waals surface area contributed by atoms with Crippen molar-refractivity contribution in [3.05, 3.63) is 24.3 Å². The van der Waals surface area contributed by atoms with Crippen LogP contribution in [0.2, 0.25) is 0 Å². The first-order valence-corrected chi connectivity index (χ1v) is 6.35. The van der Waals surface area contributed by atoms with E-state index in [9.17, 15) is 4.79 Å². The summed E-state index contributed by atoms with van der Waals surface area (Å²) in [6.07, 6.45) is 6.32. The van der Waals surface area contributed by atoms with Crippen LogP contribution in [0.25, 0.3) is 0 Å². The van der Waals surface area contributed by atoms with Gasteiger partial charge in [-0.15, -0.1) is 6.58 Å². The smallest absolute Gasteiger partial charge is 0.142 e. The van der Waals surface area contributed by atoms with E-state index < -0.39 is 0 Å². The second-order valence-corrected chi connectivity index (χ2v) is 5.45. The highest BCUT2D eigenvalue weighted by Gasteiger charge is 2.37. The standard InChI is InChI=1S/C15H24O2/c1-6-15(5)10-9-14(17-15)12(4)13(16)8-7-11(2)3/h6-7,12,14H,1,8-10H2,2-5H3/t12-,14+,15+/m1/s1. The summed E-state index contributed by atoms with van der Waals surface area (Å²) in [4.78, 5) is 12.0. The first kappa shape index (κ1) is 14.2. The Morgan fingerprint density at radius 3 is 2.71 bits per heavy atom. The maximum Gasteiger partial charge on any atom is 0.142 e. The van der Waals surface area contributed by atoms with E-state index in [-0.39, 0.29) is 23.4 Å². The molecule has 2 heteroatoms. The molecular weight excluding hydrogens is 212 g/mol. The fraction of sp³-hybridized carbons (Fsp3) is 0.667. The van der Waals surface area contributed by atoms with Gasteiger partial charge >= 0.3 is 0 Å². The van der Waals surface area contributed by atoms with Gasteiger partial charge in [-0.1, -0.05) is 24.6 Å². The Balaban J connectivity index is 2.54. The third kappa shape index (κ3) is 3.81. The molecule has 0 spiro atoms. The minimum absolute atomic E-state index is 0.0209. The van der Waals surface area contributed by atoms with Crippen LogP contribution >= 0.6 is 0 Å². The molecule has 3 atom stereocenters. The Bertz CT molecular complexity index is 326. The predicted octanol–water partition coefficient (Wildman–Crippen LogP) is 3.67. The van der Waals surface area contributed by atoms with E-state index in [0.717, 1.165) is 12.8 Å². The predicted molar refractivity (Wildman–Crippen MR) is 70.9 cm³/mol. The molecule has 0 aromatic carbocycles. The van der Waals surface area contributed by atoms with Crippen molar-refractivity contribution < 1.29 is 9.53 Å². The number of Topliss-reactive ketones (excluding diaryl/α,β-unsaturated/α-hetero) is 1. The quantitative estimate of drug-likeness (QED) is 0.681. The Kier molecular flexibility index (Phi) is 4.70. The van der Waals surface area contributed by atoms with Crippen LogP contribution in [-0.4, -0.2) is 17.5 Å². The number of rotatable bonds is 5. The lowest BCUT2D eigenvalue weighted by Crippen LogP contribution is -2.29. The highest BCUT2D eigenvalue weighted by molar-refractivity contribution is 5.82. The minimum atomic E-state index is -0.240. The van der Waals surface area contributed by atoms with Gasteiger partial charge < -0.3 is 4.74 Å². The summed E-state index contributed by atoms with van der Waals surface area (Å²) in [5, 5.41) is 0. The molecule has 2 nitrogen and oxygen atoms in total. The normalized spacial score (nSPS) is 29.8. The Morgan fingerprint density at radius 1 is 1.59 bits per heavy atom. The van der Waals surface area contributed by atoms with Crippen molar-refractivity contribution in [3.8, 4) is 0 Å². The summed E-state index contributed by atoms with van der Waals surface area (Å²) >= 11 is 0. The van der Waals surface area contributed by atoms with E-state index >= 15 is 0 Å². The van der Waals surface area contributed by atoms with Crippen LogP contribution in [0.15, 0.2) is 24.3 Å². The SMILES string of the molecule is C=C[C@@]1(C)CC[C@@H]([C@H](C)C(=O)CC=C(C)C)O1. The number of carbonyl (C=O) groups excluding carboxylic acids is 1. The van der Waals surface area contributed by atoms with Crippen LogP contribution < -0.4 is 0 Å². The van der Waals surface area contributed by atoms with Gasteiger partial charge in [0.2, 0.25) is 0 Å². The molecule has 1 heterocycles. The van der Waals surface area contributed by atoms with Crippen molar-refractivity contribution in [3.63, 3.8) is 0 Å². The first-order chi connectivity index (χ1) is 7.88. The molecule has 0 unspecified atom stereocenters. The van der Waals surface area contributed by atoms with Crippen molar-refractivity contribution in [2.75, 3.05) is 0 Å². The third-order valence-corrected chi connectivity index (χ3v) is 3.55. The average molecular weight is 236 g/mol. The van der Waals surface area contributed by atoms with Gasteiger partial charge in [0, 0.05) is 12.3 Å². The van der Waals surface area contributed by atoms with Crippen molar-refractivity contribution in [1.29, 1.82) is 0 Å². The Morgan fingerprint density at radius 2 is 2.24 bits per heavy atom. The molecule has 1 saturated heterocycles. The van der Waals surface area contributed by atoms with E-state index in [1.54, 1.807) is 0 Å². The summed E-state index contributed by atoms with van der Waals surface area (Å²) in [6.45, 7) is 11.8. The molecule has 0 aromatic heterocycles. The second-order valence-electron chi connectivity index (χ2n) is 5.45. The van der Waals surface area contributed by atoms with Crippen LogP contribution in [0.1, 0.15) is 47.0 Å². The maximum atomic E-state index is 12.0. The van der Waals surface area contributed by atoms with E-state index in [4.69, 9.17) is 4.74 Å². The molecular formula is C15H24O2. The molecule has 0 aliphatic carbocycles. The molecule has 0 N–H and O–H groups in total. The molecule has 0 saturated carbocycles. The number of hydrogen-bond donors (Lipinski definition) is 0. The third-order valence-electron chi connectivity index (χ3n) is 3.55. The van der Waals surface area contributed by atoms with Gasteiger partial charge in [-0.3, -0.25) is 4.79 Å². The van der Waals surface area contributed by atoms with E-state index in [1.807, 2.05) is 39.8 Å². The zero-order chi connectivity index (χ0) is 13.1. The topological polar surface area (TPSA) is 26.3 Å². The van der Waals surface area contributed by atoms with Gasteiger partial charge in [0.25, 0.3) is 0 Å². The number of carbonyl (C=O) groups is 1. The molecule has 0 bridgehead atoms. The Labute approximate surface area is 105 Å². The number of ether oxygens (including phenoxy) is 1. The van der Waals surface area contributed by atoms with E-state index in [1.165, 1.54) is 5.57 Å². The summed E-state index contributed by atoms with van der Waals surface area (Å²) in [5.74, 6) is 0.247. The zero-order valence-corrected chi connectivity index (χ0v) is 11.5. The summed E-state index contributed by atoms with van der Waals surface area (Å²) in [6, 6.07) is 0. The van der Waals surface area contributed by atoms with Crippen molar-refractivity contribution >= 4 is 5.78 Å². The largest absolute Gasteiger partial charge is 0.367 e. The summed E-state index contributed by atoms with van der Waals surface area (Å²) < 4.78 is 5.93. The van der Waals surface area contributed by atoms with Crippen LogP contribution in [0.4, 0.5) is 0 Å². The molecule has 1 aliphatic rings. The minimum Gasteiger partial charge on any atom is -0.367 e. The second kappa shape index (κ2) is 5.63. The molecule has 96 valence electrons. The van der Waals surface area contributed by atoms with Crippen molar-refractivity contribution in [1.82, 2.24) is 0 Å². The molecule has 1 fully saturated rings. The molecule has 1 rings (SSSR count). The summed E-state index contributed by atoms with van der Waals surface area (Å²) in [5.41, 5.74) is 0.948. The fourth-order valence-electron chi connectivity index (χ4n) is 2.09. The van der Waals surface area contributed by atoms with Gasteiger partial charge in [0.1, 0.15) is 5.78 Å². The first-order valence-electron chi connectivity index (χ1n) is 6.35. The molecule has 0 amide bonds. The van der Waals surface area contributed by atoms with Gasteiger partial charge in [-0.2, -0.15) is 0 Å². The highest BCUT2D eigenvalue weighted by atomic mass is 16.5. The van der Waals surface area contributed by atoms with E-state index in [2.05, 4.69) is 6.58 Å². The number of hydrogen-bond acceptors (Lipinski definition) is 2. The molecule has 0 aromatic rings. The van der Waals surface area contributed by atoms with Gasteiger partial charge in [-0.25, -0.2) is 0 Å². The fourth-order valence-corrected chi connectivity index (χ4v) is 2.09. The van der Waals surface area contributed by atoms with Gasteiger partial charge in [0.05, 0.1) is 11.7 Å². The van der Waals surface area contributed by atoms with Crippen LogP contribution in [0.5, 0.6) is 0 Å². The lowest BCUT2D eigenvalue weighted by atomic mass is 9.94. The molecule has 17 heavy (non-hydrogen) atoms. The van der Waals surface area contributed by atoms with E-state index in [0.29, 0.717) is 6.42 Å². The Hall–Kier alpha value is -0.890. The van der Waals surface area contributed by atoms with Gasteiger partial charge in [0.15, 0.2) is 0 Å². The maximum absolute atomic E-state index is 12.0. The lowest BCUT2D eigenvalue weighted by molar-refractivity contribution is -0.127. The number of ketones is 1. The zero-order valence-electron chi connectivity index (χ0n) is 11.5. The molecule has 0 radical (unpaired) electrons. The van der Waals surface area contributed by atoms with Crippen LogP contribution in [0, 0.1) is 5.92 Å². The highest BCUT2D eigenvalue weighted by Crippen LogP contribution is 2.34.